The van der Waals surface area contributed by atoms with Crippen molar-refractivity contribution in [2.24, 2.45) is 7.05 Å². The molecule has 6 nitrogen and oxygen atoms in total. The Morgan fingerprint density at radius 2 is 2.20 bits per heavy atom. The maximum absolute atomic E-state index is 11.9. The predicted octanol–water partition coefficient (Wildman–Crippen LogP) is 0.733. The van der Waals surface area contributed by atoms with Crippen LogP contribution in [0.25, 0.3) is 0 Å². The second kappa shape index (κ2) is 6.37. The van der Waals surface area contributed by atoms with Gasteiger partial charge < -0.3 is 9.64 Å². The number of esters is 1. The average Bonchev–Trinajstić information content (AvgIpc) is 2.76. The van der Waals surface area contributed by atoms with Crippen molar-refractivity contribution in [2.75, 3.05) is 33.3 Å². The first-order chi connectivity index (χ1) is 9.52. The van der Waals surface area contributed by atoms with E-state index in [0.717, 1.165) is 31.9 Å². The third-order valence-corrected chi connectivity index (χ3v) is 3.97. The molecule has 1 aromatic heterocycles. The molecule has 0 N–H and O–H groups in total. The molecule has 2 heterocycles. The lowest BCUT2D eigenvalue weighted by molar-refractivity contribution is 0.0521. The number of nitrogens with zero attached hydrogens (tertiary/aromatic N) is 4. The van der Waals surface area contributed by atoms with Crippen LogP contribution in [0.2, 0.25) is 0 Å². The van der Waals surface area contributed by atoms with E-state index in [4.69, 9.17) is 4.74 Å². The van der Waals surface area contributed by atoms with Crippen LogP contribution in [0.3, 0.4) is 0 Å². The van der Waals surface area contributed by atoms with Crippen molar-refractivity contribution in [2.45, 2.75) is 26.4 Å². The number of rotatable bonds is 4. The van der Waals surface area contributed by atoms with Gasteiger partial charge in [-0.15, -0.1) is 0 Å². The molecule has 1 fully saturated rings. The van der Waals surface area contributed by atoms with E-state index in [1.807, 2.05) is 14.0 Å². The van der Waals surface area contributed by atoms with E-state index in [0.29, 0.717) is 18.2 Å². The molecule has 1 atom stereocenters. The standard InChI is InChI=1S/C14H24N4O2/c1-5-20-14(19)12-8-15-17(4)13(12)10-18-7-6-16(3)11(2)9-18/h8,11H,5-7,9-10H2,1-4H3. The van der Waals surface area contributed by atoms with Gasteiger partial charge in [0.2, 0.25) is 0 Å². The molecule has 2 rings (SSSR count). The summed E-state index contributed by atoms with van der Waals surface area (Å²) in [6.07, 6.45) is 1.60. The Kier molecular flexibility index (Phi) is 4.77. The van der Waals surface area contributed by atoms with Gasteiger partial charge in [-0.05, 0) is 20.9 Å². The van der Waals surface area contributed by atoms with Gasteiger partial charge in [0, 0.05) is 39.3 Å². The summed E-state index contributed by atoms with van der Waals surface area (Å²) < 4.78 is 6.86. The van der Waals surface area contributed by atoms with Gasteiger partial charge in [0.15, 0.2) is 0 Å². The molecule has 20 heavy (non-hydrogen) atoms. The Bertz CT molecular complexity index is 472. The third-order valence-electron chi connectivity index (χ3n) is 3.97. The minimum absolute atomic E-state index is 0.280. The molecule has 1 unspecified atom stereocenters. The van der Waals surface area contributed by atoms with E-state index in [-0.39, 0.29) is 5.97 Å². The van der Waals surface area contributed by atoms with Gasteiger partial charge in [0.05, 0.1) is 18.5 Å². The number of piperazine rings is 1. The Labute approximate surface area is 120 Å². The molecule has 1 aliphatic heterocycles. The SMILES string of the molecule is CCOC(=O)c1cnn(C)c1CN1CCN(C)C(C)C1. The lowest BCUT2D eigenvalue weighted by atomic mass is 10.1. The topological polar surface area (TPSA) is 50.6 Å². The molecule has 1 saturated heterocycles. The fourth-order valence-corrected chi connectivity index (χ4v) is 2.51. The minimum atomic E-state index is -0.280. The summed E-state index contributed by atoms with van der Waals surface area (Å²) in [6, 6.07) is 0.531. The molecule has 0 aromatic carbocycles. The highest BCUT2D eigenvalue weighted by molar-refractivity contribution is 5.90. The van der Waals surface area contributed by atoms with Crippen molar-refractivity contribution in [3.63, 3.8) is 0 Å². The third kappa shape index (κ3) is 3.19. The van der Waals surface area contributed by atoms with Gasteiger partial charge in [0.25, 0.3) is 0 Å². The number of hydrogen-bond donors (Lipinski definition) is 0. The monoisotopic (exact) mass is 280 g/mol. The van der Waals surface area contributed by atoms with Crippen molar-refractivity contribution < 1.29 is 9.53 Å². The summed E-state index contributed by atoms with van der Waals surface area (Å²) in [5, 5.41) is 4.20. The van der Waals surface area contributed by atoms with E-state index in [9.17, 15) is 4.79 Å². The number of ether oxygens (including phenoxy) is 1. The van der Waals surface area contributed by atoms with Gasteiger partial charge in [-0.25, -0.2) is 4.79 Å². The van der Waals surface area contributed by atoms with Crippen molar-refractivity contribution in [3.8, 4) is 0 Å². The highest BCUT2D eigenvalue weighted by Gasteiger charge is 2.24. The summed E-state index contributed by atoms with van der Waals surface area (Å²) in [5.74, 6) is -0.280. The molecule has 0 bridgehead atoms. The lowest BCUT2D eigenvalue weighted by Crippen LogP contribution is -2.49. The summed E-state index contributed by atoms with van der Waals surface area (Å²) in [4.78, 5) is 16.7. The fourth-order valence-electron chi connectivity index (χ4n) is 2.51. The second-order valence-electron chi connectivity index (χ2n) is 5.41. The van der Waals surface area contributed by atoms with E-state index in [1.165, 1.54) is 0 Å². The maximum Gasteiger partial charge on any atom is 0.341 e. The van der Waals surface area contributed by atoms with E-state index in [2.05, 4.69) is 28.9 Å². The number of aryl methyl sites for hydroxylation is 1. The molecular formula is C14H24N4O2. The van der Waals surface area contributed by atoms with Crippen LogP contribution in [-0.4, -0.2) is 64.9 Å². The molecule has 0 amide bonds. The van der Waals surface area contributed by atoms with Crippen LogP contribution in [-0.2, 0) is 18.3 Å². The molecule has 0 saturated carbocycles. The molecule has 6 heteroatoms. The summed E-state index contributed by atoms with van der Waals surface area (Å²) in [6.45, 7) is 8.23. The highest BCUT2D eigenvalue weighted by atomic mass is 16.5. The fraction of sp³-hybridized carbons (Fsp3) is 0.714. The van der Waals surface area contributed by atoms with Crippen molar-refractivity contribution in [1.29, 1.82) is 0 Å². The highest BCUT2D eigenvalue weighted by Crippen LogP contribution is 2.15. The summed E-state index contributed by atoms with van der Waals surface area (Å²) in [7, 11) is 4.02. The lowest BCUT2D eigenvalue weighted by Gasteiger charge is -2.37. The molecule has 112 valence electrons. The van der Waals surface area contributed by atoms with E-state index >= 15 is 0 Å². The van der Waals surface area contributed by atoms with Gasteiger partial charge >= 0.3 is 5.97 Å². The van der Waals surface area contributed by atoms with E-state index < -0.39 is 0 Å². The first-order valence-corrected chi connectivity index (χ1v) is 7.13. The maximum atomic E-state index is 11.9. The van der Waals surface area contributed by atoms with Crippen molar-refractivity contribution in [1.82, 2.24) is 19.6 Å². The molecular weight excluding hydrogens is 256 g/mol. The average molecular weight is 280 g/mol. The van der Waals surface area contributed by atoms with Crippen LogP contribution < -0.4 is 0 Å². The number of carbonyl (C=O) groups is 1. The second-order valence-corrected chi connectivity index (χ2v) is 5.41. The minimum Gasteiger partial charge on any atom is -0.462 e. The van der Waals surface area contributed by atoms with Gasteiger partial charge in [-0.1, -0.05) is 0 Å². The largest absolute Gasteiger partial charge is 0.462 e. The molecule has 0 radical (unpaired) electrons. The zero-order chi connectivity index (χ0) is 14.7. The summed E-state index contributed by atoms with van der Waals surface area (Å²) >= 11 is 0. The van der Waals surface area contributed by atoms with Gasteiger partial charge in [-0.3, -0.25) is 9.58 Å². The first-order valence-electron chi connectivity index (χ1n) is 7.13. The smallest absolute Gasteiger partial charge is 0.341 e. The predicted molar refractivity (Wildman–Crippen MR) is 76.5 cm³/mol. The van der Waals surface area contributed by atoms with Crippen LogP contribution in [0.5, 0.6) is 0 Å². The zero-order valence-corrected chi connectivity index (χ0v) is 12.8. The van der Waals surface area contributed by atoms with Crippen LogP contribution in [0.1, 0.15) is 29.9 Å². The first kappa shape index (κ1) is 15.0. The molecule has 0 aliphatic carbocycles. The van der Waals surface area contributed by atoms with Crippen LogP contribution in [0.15, 0.2) is 6.20 Å². The van der Waals surface area contributed by atoms with Crippen molar-refractivity contribution >= 4 is 5.97 Å². The Morgan fingerprint density at radius 3 is 2.85 bits per heavy atom. The van der Waals surface area contributed by atoms with Gasteiger partial charge in [0.1, 0.15) is 5.56 Å². The molecule has 0 spiro atoms. The molecule has 1 aromatic rings. The van der Waals surface area contributed by atoms with Crippen LogP contribution in [0.4, 0.5) is 0 Å². The normalized spacial score (nSPS) is 21.1. The van der Waals surface area contributed by atoms with Crippen LogP contribution in [0, 0.1) is 0 Å². The molecule has 1 aliphatic rings. The van der Waals surface area contributed by atoms with E-state index in [1.54, 1.807) is 10.9 Å². The Hall–Kier alpha value is -1.40. The number of hydrogen-bond acceptors (Lipinski definition) is 5. The Balaban J connectivity index is 2.09. The van der Waals surface area contributed by atoms with Crippen molar-refractivity contribution in [3.05, 3.63) is 17.5 Å². The zero-order valence-electron chi connectivity index (χ0n) is 12.8. The number of likely N-dealkylation sites (N-methyl/N-ethyl adjacent to an activating group) is 1. The number of carbonyl (C=O) groups excluding carboxylic acids is 1. The quantitative estimate of drug-likeness (QED) is 0.761. The number of aromatic nitrogens is 2. The van der Waals surface area contributed by atoms with Gasteiger partial charge in [-0.2, -0.15) is 5.10 Å². The summed E-state index contributed by atoms with van der Waals surface area (Å²) in [5.41, 5.74) is 1.51. The Morgan fingerprint density at radius 1 is 1.45 bits per heavy atom. The van der Waals surface area contributed by atoms with Crippen LogP contribution >= 0.6 is 0 Å².